The van der Waals surface area contributed by atoms with Crippen LogP contribution in [0.3, 0.4) is 0 Å². The fourth-order valence-electron chi connectivity index (χ4n) is 4.45. The second-order valence-electron chi connectivity index (χ2n) is 7.99. The van der Waals surface area contributed by atoms with Gasteiger partial charge in [-0.2, -0.15) is 5.26 Å². The Balaban J connectivity index is 1.79. The molecule has 0 radical (unpaired) electrons. The molecule has 9 heteroatoms. The quantitative estimate of drug-likeness (QED) is 0.629. The molecule has 0 saturated carbocycles. The first-order chi connectivity index (χ1) is 17.0. The van der Waals surface area contributed by atoms with E-state index in [1.807, 2.05) is 24.3 Å². The van der Waals surface area contributed by atoms with Gasteiger partial charge in [-0.05, 0) is 30.3 Å². The summed E-state index contributed by atoms with van der Waals surface area (Å²) in [6, 6.07) is 15.3. The molecule has 1 unspecified atom stereocenters. The lowest BCUT2D eigenvalue weighted by Crippen LogP contribution is -2.36. The van der Waals surface area contributed by atoms with Gasteiger partial charge in [0.25, 0.3) is 0 Å². The third-order valence-corrected chi connectivity index (χ3v) is 6.19. The Morgan fingerprint density at radius 2 is 1.74 bits per heavy atom. The van der Waals surface area contributed by atoms with Crippen LogP contribution in [0.5, 0.6) is 11.5 Å². The van der Waals surface area contributed by atoms with Crippen molar-refractivity contribution in [3.05, 3.63) is 71.2 Å². The second-order valence-corrected chi connectivity index (χ2v) is 7.99. The van der Waals surface area contributed by atoms with Crippen molar-refractivity contribution in [1.82, 2.24) is 0 Å². The Labute approximate surface area is 204 Å². The first-order valence-electron chi connectivity index (χ1n) is 11.2. The highest BCUT2D eigenvalue weighted by Gasteiger charge is 2.37. The molecule has 35 heavy (non-hydrogen) atoms. The van der Waals surface area contributed by atoms with E-state index in [4.69, 9.17) is 24.7 Å². The van der Waals surface area contributed by atoms with Gasteiger partial charge in [-0.1, -0.05) is 12.1 Å². The number of benzene rings is 2. The molecule has 0 amide bonds. The van der Waals surface area contributed by atoms with Crippen LogP contribution < -0.4 is 25.0 Å². The van der Waals surface area contributed by atoms with Gasteiger partial charge in [-0.3, -0.25) is 0 Å². The number of morpholine rings is 1. The van der Waals surface area contributed by atoms with Gasteiger partial charge in [-0.15, -0.1) is 0 Å². The van der Waals surface area contributed by atoms with Crippen molar-refractivity contribution < 1.29 is 23.7 Å². The predicted octanol–water partition coefficient (Wildman–Crippen LogP) is 2.89. The first-order valence-corrected chi connectivity index (χ1v) is 11.2. The lowest BCUT2D eigenvalue weighted by Gasteiger charge is -2.33. The molecule has 1 fully saturated rings. The topological polar surface area (TPSA) is 110 Å². The molecule has 2 aromatic carbocycles. The normalized spacial score (nSPS) is 18.0. The van der Waals surface area contributed by atoms with E-state index in [0.717, 1.165) is 18.8 Å². The van der Waals surface area contributed by atoms with Crippen molar-refractivity contribution in [1.29, 1.82) is 5.26 Å². The van der Waals surface area contributed by atoms with Crippen LogP contribution in [0.25, 0.3) is 0 Å². The van der Waals surface area contributed by atoms with Crippen molar-refractivity contribution in [3.8, 4) is 17.6 Å². The van der Waals surface area contributed by atoms with Crippen molar-refractivity contribution >= 4 is 17.3 Å². The summed E-state index contributed by atoms with van der Waals surface area (Å²) in [6.07, 6.45) is 1.62. The maximum absolute atomic E-state index is 12.9. The molecule has 2 aromatic rings. The fraction of sp³-hybridized carbons (Fsp3) is 0.308. The number of methoxy groups -OCH3 is 3. The highest BCUT2D eigenvalue weighted by Crippen LogP contribution is 2.45. The number of esters is 1. The average molecular weight is 477 g/mol. The molecule has 9 nitrogen and oxygen atoms in total. The highest BCUT2D eigenvalue weighted by atomic mass is 16.5. The zero-order valence-electron chi connectivity index (χ0n) is 20.0. The van der Waals surface area contributed by atoms with Crippen molar-refractivity contribution in [3.63, 3.8) is 0 Å². The average Bonchev–Trinajstić information content (AvgIpc) is 2.92. The van der Waals surface area contributed by atoms with Gasteiger partial charge < -0.3 is 34.5 Å². The zero-order valence-corrected chi connectivity index (χ0v) is 20.0. The van der Waals surface area contributed by atoms with Crippen molar-refractivity contribution in [2.45, 2.75) is 5.92 Å². The van der Waals surface area contributed by atoms with E-state index in [9.17, 15) is 10.1 Å². The SMILES string of the molecule is COC(=O)C1=CN(c2ccc(N3CCOCC3)cc2)C(N)=C(C#N)C1c1cccc(OC)c1OC. The van der Waals surface area contributed by atoms with Gasteiger partial charge in [-0.25, -0.2) is 4.79 Å². The van der Waals surface area contributed by atoms with Crippen molar-refractivity contribution in [2.75, 3.05) is 57.4 Å². The summed E-state index contributed by atoms with van der Waals surface area (Å²) in [5.74, 6) is -0.254. The van der Waals surface area contributed by atoms with Gasteiger partial charge in [0.2, 0.25) is 0 Å². The summed E-state index contributed by atoms with van der Waals surface area (Å²) in [7, 11) is 4.34. The monoisotopic (exact) mass is 476 g/mol. The number of nitrogens with zero attached hydrogens (tertiary/aromatic N) is 3. The number of hydrogen-bond acceptors (Lipinski definition) is 9. The van der Waals surface area contributed by atoms with Crippen LogP contribution in [0.15, 0.2) is 65.6 Å². The largest absolute Gasteiger partial charge is 0.493 e. The van der Waals surface area contributed by atoms with Crippen LogP contribution in [0.1, 0.15) is 11.5 Å². The zero-order chi connectivity index (χ0) is 24.9. The van der Waals surface area contributed by atoms with Crippen LogP contribution in [0.2, 0.25) is 0 Å². The van der Waals surface area contributed by atoms with Gasteiger partial charge in [0.15, 0.2) is 11.5 Å². The van der Waals surface area contributed by atoms with E-state index in [0.29, 0.717) is 36.0 Å². The lowest BCUT2D eigenvalue weighted by atomic mass is 9.82. The number of carbonyl (C=O) groups is 1. The Morgan fingerprint density at radius 1 is 1.06 bits per heavy atom. The molecule has 4 rings (SSSR count). The summed E-state index contributed by atoms with van der Waals surface area (Å²) in [5, 5.41) is 10.2. The molecule has 2 heterocycles. The Hall–Kier alpha value is -4.16. The van der Waals surface area contributed by atoms with E-state index in [1.54, 1.807) is 29.3 Å². The number of nitriles is 1. The Bertz CT molecular complexity index is 1190. The maximum atomic E-state index is 12.9. The molecular formula is C26H28N4O5. The summed E-state index contributed by atoms with van der Waals surface area (Å²) < 4.78 is 21.5. The minimum absolute atomic E-state index is 0.205. The van der Waals surface area contributed by atoms with E-state index < -0.39 is 11.9 Å². The first kappa shape index (κ1) is 24.0. The molecule has 1 saturated heterocycles. The lowest BCUT2D eigenvalue weighted by molar-refractivity contribution is -0.136. The van der Waals surface area contributed by atoms with Gasteiger partial charge in [0.1, 0.15) is 5.82 Å². The molecule has 0 aromatic heterocycles. The van der Waals surface area contributed by atoms with E-state index in [2.05, 4.69) is 11.0 Å². The van der Waals surface area contributed by atoms with Crippen LogP contribution >= 0.6 is 0 Å². The van der Waals surface area contributed by atoms with E-state index in [-0.39, 0.29) is 17.0 Å². The second kappa shape index (κ2) is 10.4. The molecule has 1 atom stereocenters. The van der Waals surface area contributed by atoms with Gasteiger partial charge in [0.05, 0.1) is 57.7 Å². The Kier molecular flexibility index (Phi) is 7.13. The molecule has 2 aliphatic heterocycles. The number of nitrogens with two attached hydrogens (primary N) is 1. The number of allylic oxidation sites excluding steroid dienone is 1. The third kappa shape index (κ3) is 4.48. The molecule has 182 valence electrons. The number of para-hydroxylation sites is 1. The van der Waals surface area contributed by atoms with E-state index >= 15 is 0 Å². The fourth-order valence-corrected chi connectivity index (χ4v) is 4.45. The summed E-state index contributed by atoms with van der Waals surface area (Å²) in [5.41, 5.74) is 9.34. The minimum Gasteiger partial charge on any atom is -0.493 e. The smallest absolute Gasteiger partial charge is 0.336 e. The molecule has 0 spiro atoms. The minimum atomic E-state index is -0.790. The summed E-state index contributed by atoms with van der Waals surface area (Å²) >= 11 is 0. The van der Waals surface area contributed by atoms with Crippen molar-refractivity contribution in [2.24, 2.45) is 5.73 Å². The van der Waals surface area contributed by atoms with Gasteiger partial charge in [0, 0.05) is 36.2 Å². The molecule has 0 aliphatic carbocycles. The number of rotatable bonds is 6. The number of carbonyl (C=O) groups excluding carboxylic acids is 1. The molecule has 0 bridgehead atoms. The van der Waals surface area contributed by atoms with E-state index in [1.165, 1.54) is 21.3 Å². The van der Waals surface area contributed by atoms with Crippen LogP contribution in [-0.4, -0.2) is 53.6 Å². The maximum Gasteiger partial charge on any atom is 0.336 e. The molecule has 2 N–H and O–H groups in total. The molecular weight excluding hydrogens is 448 g/mol. The third-order valence-electron chi connectivity index (χ3n) is 6.19. The Morgan fingerprint density at radius 3 is 2.34 bits per heavy atom. The standard InChI is InChI=1S/C26H28N4O5/c1-32-22-6-4-5-19(24(22)33-2)23-20(15-27)25(28)30(16-21(23)26(31)34-3)18-9-7-17(8-10-18)29-11-13-35-14-12-29/h4-10,16,23H,11-14,28H2,1-3H3. The highest BCUT2D eigenvalue weighted by molar-refractivity contribution is 5.93. The summed E-state index contributed by atoms with van der Waals surface area (Å²) in [6.45, 7) is 3.02. The van der Waals surface area contributed by atoms with Gasteiger partial charge >= 0.3 is 5.97 Å². The number of ether oxygens (including phenoxy) is 4. The molecule has 2 aliphatic rings. The van der Waals surface area contributed by atoms with Crippen LogP contribution in [0.4, 0.5) is 11.4 Å². The van der Waals surface area contributed by atoms with Crippen LogP contribution in [0, 0.1) is 11.3 Å². The number of hydrogen-bond donors (Lipinski definition) is 1. The predicted molar refractivity (Wildman–Crippen MR) is 131 cm³/mol. The van der Waals surface area contributed by atoms with Crippen LogP contribution in [-0.2, 0) is 14.3 Å². The summed E-state index contributed by atoms with van der Waals surface area (Å²) in [4.78, 5) is 16.8. The number of anilines is 2.